The molecule has 1 aromatic heterocycles. The molecule has 0 bridgehead atoms. The Hall–Kier alpha value is 0.754. The summed E-state index contributed by atoms with van der Waals surface area (Å²) in [5.41, 5.74) is 0.805. The van der Waals surface area contributed by atoms with E-state index in [1.165, 1.54) is 0 Å². The van der Waals surface area contributed by atoms with Crippen molar-refractivity contribution in [1.82, 2.24) is 4.98 Å². The van der Waals surface area contributed by atoms with E-state index < -0.39 is 0 Å². The van der Waals surface area contributed by atoms with Crippen LogP contribution in [0.2, 0.25) is 0 Å². The molecule has 0 atom stereocenters. The van der Waals surface area contributed by atoms with E-state index in [9.17, 15) is 3.89 Å². The summed E-state index contributed by atoms with van der Waals surface area (Å²) in [7, 11) is 1.04. The molecule has 1 nitrogen and oxygen atoms in total. The van der Waals surface area contributed by atoms with Gasteiger partial charge in [-0.1, -0.05) is 6.20 Å². The fraction of sp³-hybridized carbons (Fsp3) is 0. The van der Waals surface area contributed by atoms with Gasteiger partial charge in [0, 0.05) is 38.9 Å². The Bertz CT molecular complexity index is 221. The van der Waals surface area contributed by atoms with Gasteiger partial charge in [0.15, 0.2) is 0 Å². The van der Waals surface area contributed by atoms with E-state index in [1.54, 1.807) is 18.5 Å². The Kier molecular flexibility index (Phi) is 6.72. The van der Waals surface area contributed by atoms with E-state index in [0.717, 1.165) is 21.3 Å². The van der Waals surface area contributed by atoms with Crippen LogP contribution in [0.1, 0.15) is 5.56 Å². The number of aromatic nitrogens is 1. The first-order chi connectivity index (χ1) is 4.83. The summed E-state index contributed by atoms with van der Waals surface area (Å²) in [5, 5.41) is 0. The standard InChI is InChI=1S/C6H5FNS2.Y/c1-5-2-6(9-10-7)4-8-3-5;/h2-4H,1H2;/q-1;. The molecule has 1 rings (SSSR count). The van der Waals surface area contributed by atoms with Crippen LogP contribution >= 0.6 is 22.0 Å². The van der Waals surface area contributed by atoms with Gasteiger partial charge in [-0.3, -0.25) is 0 Å². The van der Waals surface area contributed by atoms with Crippen molar-refractivity contribution in [1.29, 1.82) is 0 Å². The average Bonchev–Trinajstić information content (AvgIpc) is 1.88. The first kappa shape index (κ1) is 11.8. The SMILES string of the molecule is [CH2-]c1cncc(SSF)c1.[Y]. The molecular weight excluding hydrogens is 258 g/mol. The van der Waals surface area contributed by atoms with Crippen LogP contribution in [-0.2, 0) is 32.7 Å². The molecule has 0 amide bonds. The van der Waals surface area contributed by atoms with Crippen LogP contribution in [0.4, 0.5) is 3.89 Å². The molecule has 0 aliphatic rings. The van der Waals surface area contributed by atoms with Gasteiger partial charge < -0.3 is 4.98 Å². The minimum absolute atomic E-state index is 0. The van der Waals surface area contributed by atoms with Crippen molar-refractivity contribution in [2.75, 3.05) is 0 Å². The van der Waals surface area contributed by atoms with E-state index in [2.05, 4.69) is 11.9 Å². The van der Waals surface area contributed by atoms with Gasteiger partial charge in [0.05, 0.1) is 0 Å². The van der Waals surface area contributed by atoms with Crippen molar-refractivity contribution in [3.05, 3.63) is 30.9 Å². The summed E-state index contributed by atoms with van der Waals surface area (Å²) in [6.07, 6.45) is 3.24. The Morgan fingerprint density at radius 1 is 1.45 bits per heavy atom. The largest absolute Gasteiger partial charge is 0.328 e. The van der Waals surface area contributed by atoms with Crippen molar-refractivity contribution in [3.8, 4) is 0 Å². The van der Waals surface area contributed by atoms with Crippen molar-refractivity contribution in [2.45, 2.75) is 4.90 Å². The van der Waals surface area contributed by atoms with Gasteiger partial charge in [0.2, 0.25) is 0 Å². The van der Waals surface area contributed by atoms with Crippen LogP contribution in [0.5, 0.6) is 0 Å². The van der Waals surface area contributed by atoms with Gasteiger partial charge in [0.1, 0.15) is 11.2 Å². The van der Waals surface area contributed by atoms with E-state index in [4.69, 9.17) is 0 Å². The van der Waals surface area contributed by atoms with Gasteiger partial charge in [-0.15, -0.1) is 6.07 Å². The number of hydrogen-bond donors (Lipinski definition) is 0. The van der Waals surface area contributed by atoms with E-state index in [0.29, 0.717) is 0 Å². The molecule has 0 fully saturated rings. The molecule has 0 N–H and O–H groups in total. The zero-order valence-electron chi connectivity index (χ0n) is 5.66. The second-order valence-electron chi connectivity index (χ2n) is 1.68. The fourth-order valence-electron chi connectivity index (χ4n) is 0.546. The summed E-state index contributed by atoms with van der Waals surface area (Å²) in [5.74, 6) is 0. The van der Waals surface area contributed by atoms with Crippen molar-refractivity contribution in [2.24, 2.45) is 0 Å². The molecule has 0 unspecified atom stereocenters. The number of halogens is 1. The van der Waals surface area contributed by atoms with Crippen LogP contribution in [0.25, 0.3) is 0 Å². The van der Waals surface area contributed by atoms with Crippen LogP contribution < -0.4 is 0 Å². The molecule has 0 saturated heterocycles. The third-order valence-corrected chi connectivity index (χ3v) is 2.14. The smallest absolute Gasteiger partial charge is 0.119 e. The van der Waals surface area contributed by atoms with Gasteiger partial charge >= 0.3 is 0 Å². The molecule has 1 radical (unpaired) electrons. The maximum Gasteiger partial charge on any atom is 0.119 e. The molecule has 0 saturated carbocycles. The second-order valence-corrected chi connectivity index (χ2v) is 3.32. The normalized spacial score (nSPS) is 8.82. The molecule has 5 heteroatoms. The molecule has 11 heavy (non-hydrogen) atoms. The summed E-state index contributed by atoms with van der Waals surface area (Å²) in [6.45, 7) is 3.66. The molecule has 0 aliphatic carbocycles. The Morgan fingerprint density at radius 2 is 2.18 bits per heavy atom. The van der Waals surface area contributed by atoms with Gasteiger partial charge in [-0.2, -0.15) is 16.4 Å². The minimum atomic E-state index is 0. The van der Waals surface area contributed by atoms with Crippen LogP contribution in [0.15, 0.2) is 23.4 Å². The monoisotopic (exact) mass is 263 g/mol. The number of pyridine rings is 1. The van der Waals surface area contributed by atoms with E-state index in [1.807, 2.05) is 0 Å². The molecule has 1 heterocycles. The quantitative estimate of drug-likeness (QED) is 0.601. The summed E-state index contributed by atoms with van der Waals surface area (Å²) in [6, 6.07) is 1.78. The molecule has 0 aromatic carbocycles. The van der Waals surface area contributed by atoms with Crippen LogP contribution in [-0.4, -0.2) is 4.98 Å². The van der Waals surface area contributed by atoms with Crippen LogP contribution in [0.3, 0.4) is 0 Å². The predicted octanol–water partition coefficient (Wildman–Crippen LogP) is 2.89. The van der Waals surface area contributed by atoms with Crippen molar-refractivity contribution in [3.63, 3.8) is 0 Å². The zero-order valence-corrected chi connectivity index (χ0v) is 10.1. The first-order valence-corrected chi connectivity index (χ1v) is 4.60. The Morgan fingerprint density at radius 3 is 2.73 bits per heavy atom. The topological polar surface area (TPSA) is 12.9 Å². The van der Waals surface area contributed by atoms with Gasteiger partial charge in [-0.05, 0) is 15.7 Å². The van der Waals surface area contributed by atoms with E-state index >= 15 is 0 Å². The molecule has 0 aliphatic heterocycles. The van der Waals surface area contributed by atoms with Crippen molar-refractivity contribution < 1.29 is 36.6 Å². The molecule has 0 spiro atoms. The molecular formula is C6H5FNS2Y-. The van der Waals surface area contributed by atoms with E-state index in [-0.39, 0.29) is 43.9 Å². The number of rotatable bonds is 2. The van der Waals surface area contributed by atoms with Gasteiger partial charge in [-0.25, -0.2) is 0 Å². The fourth-order valence-corrected chi connectivity index (χ4v) is 1.41. The van der Waals surface area contributed by atoms with Gasteiger partial charge in [0.25, 0.3) is 0 Å². The molecule has 57 valence electrons. The first-order valence-electron chi connectivity index (χ1n) is 2.55. The summed E-state index contributed by atoms with van der Waals surface area (Å²) >= 11 is 0.212. The summed E-state index contributed by atoms with van der Waals surface area (Å²) < 4.78 is 11.6. The third kappa shape index (κ3) is 4.36. The average molecular weight is 263 g/mol. The molecule has 1 aromatic rings. The maximum absolute atomic E-state index is 11.6. The zero-order chi connectivity index (χ0) is 7.40. The Labute approximate surface area is 98.5 Å². The number of nitrogens with zero attached hydrogens (tertiary/aromatic N) is 1. The van der Waals surface area contributed by atoms with Crippen LogP contribution in [0, 0.1) is 6.92 Å². The maximum atomic E-state index is 11.6. The minimum Gasteiger partial charge on any atom is -0.328 e. The summed E-state index contributed by atoms with van der Waals surface area (Å²) in [4.78, 5) is 4.63. The Balaban J connectivity index is 0.000001000. The third-order valence-electron chi connectivity index (χ3n) is 0.898. The second kappa shape index (κ2) is 6.29. The number of hydrogen-bond acceptors (Lipinski definition) is 3. The van der Waals surface area contributed by atoms with Crippen molar-refractivity contribution >= 4 is 22.0 Å². The predicted molar refractivity (Wildman–Crippen MR) is 43.3 cm³/mol.